The Kier molecular flexibility index (Phi) is 4.34. The first-order valence-electron chi connectivity index (χ1n) is 5.55. The number of halogens is 1. The van der Waals surface area contributed by atoms with Crippen LogP contribution in [0.1, 0.15) is 27.2 Å². The Morgan fingerprint density at radius 3 is 2.67 bits per heavy atom. The third kappa shape index (κ3) is 3.73. The lowest BCUT2D eigenvalue weighted by Gasteiger charge is -2.24. The average Bonchev–Trinajstić information content (AvgIpc) is 2.25. The third-order valence-electron chi connectivity index (χ3n) is 2.64. The van der Waals surface area contributed by atoms with Gasteiger partial charge in [-0.1, -0.05) is 18.5 Å². The molecule has 0 unspecified atom stereocenters. The molecule has 0 aliphatic rings. The summed E-state index contributed by atoms with van der Waals surface area (Å²) in [4.78, 5) is 36.2. The van der Waals surface area contributed by atoms with E-state index in [1.54, 1.807) is 0 Å². The van der Waals surface area contributed by atoms with Gasteiger partial charge in [0.15, 0.2) is 0 Å². The zero-order valence-corrected chi connectivity index (χ0v) is 11.3. The van der Waals surface area contributed by atoms with Crippen molar-refractivity contribution < 1.29 is 4.79 Å². The van der Waals surface area contributed by atoms with Gasteiger partial charge in [-0.05, 0) is 20.3 Å². The zero-order valence-electron chi connectivity index (χ0n) is 10.5. The van der Waals surface area contributed by atoms with Crippen LogP contribution in [-0.4, -0.2) is 21.0 Å². The van der Waals surface area contributed by atoms with Gasteiger partial charge in [0.05, 0.1) is 0 Å². The summed E-state index contributed by atoms with van der Waals surface area (Å²) in [5.41, 5.74) is -1.66. The summed E-state index contributed by atoms with van der Waals surface area (Å²) in [5, 5.41) is 2.65. The van der Waals surface area contributed by atoms with E-state index in [1.165, 1.54) is 0 Å². The minimum Gasteiger partial charge on any atom is -0.350 e. The molecule has 0 saturated carbocycles. The molecule has 0 spiro atoms. The van der Waals surface area contributed by atoms with E-state index in [4.69, 9.17) is 11.6 Å². The SMILES string of the molecule is CCC(C)(C)NC(=O)Cn1cc(Cl)c(=O)[nH]c1=O. The standard InChI is InChI=1S/C11H16ClN3O3/c1-4-11(2,3)14-8(16)6-15-5-7(12)9(17)13-10(15)18/h5H,4,6H2,1-3H3,(H,14,16)(H,13,17,18). The van der Waals surface area contributed by atoms with E-state index < -0.39 is 11.2 Å². The fourth-order valence-corrected chi connectivity index (χ4v) is 1.43. The molecule has 100 valence electrons. The lowest BCUT2D eigenvalue weighted by atomic mass is 10.0. The molecule has 0 aromatic carbocycles. The molecular weight excluding hydrogens is 258 g/mol. The monoisotopic (exact) mass is 273 g/mol. The van der Waals surface area contributed by atoms with Gasteiger partial charge in [-0.15, -0.1) is 0 Å². The topological polar surface area (TPSA) is 84.0 Å². The Bertz CT molecular complexity index is 559. The molecule has 1 aromatic rings. The number of amides is 1. The number of aromatic nitrogens is 2. The predicted molar refractivity (Wildman–Crippen MR) is 68.8 cm³/mol. The molecule has 7 heteroatoms. The maximum absolute atomic E-state index is 11.7. The van der Waals surface area contributed by atoms with Crippen molar-refractivity contribution in [3.05, 3.63) is 32.1 Å². The van der Waals surface area contributed by atoms with Crippen LogP contribution in [0.2, 0.25) is 5.02 Å². The van der Waals surface area contributed by atoms with Crippen molar-refractivity contribution in [3.8, 4) is 0 Å². The molecule has 18 heavy (non-hydrogen) atoms. The second-order valence-electron chi connectivity index (χ2n) is 4.65. The summed E-state index contributed by atoms with van der Waals surface area (Å²) >= 11 is 5.59. The maximum Gasteiger partial charge on any atom is 0.328 e. The van der Waals surface area contributed by atoms with Crippen molar-refractivity contribution in [1.82, 2.24) is 14.9 Å². The van der Waals surface area contributed by atoms with Crippen LogP contribution < -0.4 is 16.6 Å². The summed E-state index contributed by atoms with van der Waals surface area (Å²) in [5.74, 6) is -0.313. The van der Waals surface area contributed by atoms with Gasteiger partial charge in [0.2, 0.25) is 5.91 Å². The van der Waals surface area contributed by atoms with E-state index in [2.05, 4.69) is 5.32 Å². The largest absolute Gasteiger partial charge is 0.350 e. The molecule has 0 radical (unpaired) electrons. The fraction of sp³-hybridized carbons (Fsp3) is 0.545. The number of hydrogen-bond donors (Lipinski definition) is 2. The molecule has 1 amide bonds. The van der Waals surface area contributed by atoms with Crippen LogP contribution in [0, 0.1) is 0 Å². The molecule has 0 saturated heterocycles. The zero-order chi connectivity index (χ0) is 13.9. The number of nitrogens with one attached hydrogen (secondary N) is 2. The first-order valence-corrected chi connectivity index (χ1v) is 5.93. The predicted octanol–water partition coefficient (Wildman–Crippen LogP) is 0.495. The molecule has 1 aromatic heterocycles. The number of carbonyl (C=O) groups excluding carboxylic acids is 1. The van der Waals surface area contributed by atoms with Gasteiger partial charge in [-0.3, -0.25) is 19.1 Å². The van der Waals surface area contributed by atoms with E-state index in [0.29, 0.717) is 0 Å². The Morgan fingerprint density at radius 2 is 2.11 bits per heavy atom. The number of rotatable bonds is 4. The average molecular weight is 274 g/mol. The molecule has 6 nitrogen and oxygen atoms in total. The van der Waals surface area contributed by atoms with Crippen molar-refractivity contribution in [3.63, 3.8) is 0 Å². The summed E-state index contributed by atoms with van der Waals surface area (Å²) in [6.45, 7) is 5.53. The molecule has 0 atom stereocenters. The van der Waals surface area contributed by atoms with E-state index in [1.807, 2.05) is 25.8 Å². The lowest BCUT2D eigenvalue weighted by molar-refractivity contribution is -0.123. The highest BCUT2D eigenvalue weighted by Gasteiger charge is 2.18. The molecule has 0 bridgehead atoms. The van der Waals surface area contributed by atoms with Gasteiger partial charge in [0.1, 0.15) is 11.6 Å². The lowest BCUT2D eigenvalue weighted by Crippen LogP contribution is -2.45. The summed E-state index contributed by atoms with van der Waals surface area (Å²) in [6.07, 6.45) is 1.92. The van der Waals surface area contributed by atoms with E-state index >= 15 is 0 Å². The molecule has 0 aliphatic heterocycles. The quantitative estimate of drug-likeness (QED) is 0.838. The molecular formula is C11H16ClN3O3. The number of H-pyrrole nitrogens is 1. The van der Waals surface area contributed by atoms with Crippen LogP contribution >= 0.6 is 11.6 Å². The van der Waals surface area contributed by atoms with Crippen LogP contribution in [0.5, 0.6) is 0 Å². The number of aromatic amines is 1. The van der Waals surface area contributed by atoms with Gasteiger partial charge in [0, 0.05) is 11.7 Å². The fourth-order valence-electron chi connectivity index (χ4n) is 1.26. The highest BCUT2D eigenvalue weighted by Crippen LogP contribution is 2.06. The highest BCUT2D eigenvalue weighted by atomic mass is 35.5. The van der Waals surface area contributed by atoms with Gasteiger partial charge in [-0.25, -0.2) is 4.79 Å². The number of hydrogen-bond acceptors (Lipinski definition) is 3. The Balaban J connectivity index is 2.86. The Labute approximate surface area is 109 Å². The normalized spacial score (nSPS) is 11.3. The number of nitrogens with zero attached hydrogens (tertiary/aromatic N) is 1. The van der Waals surface area contributed by atoms with Gasteiger partial charge in [-0.2, -0.15) is 0 Å². The van der Waals surface area contributed by atoms with Crippen molar-refractivity contribution >= 4 is 17.5 Å². The van der Waals surface area contributed by atoms with E-state index in [0.717, 1.165) is 17.2 Å². The number of carbonyl (C=O) groups is 1. The second-order valence-corrected chi connectivity index (χ2v) is 5.06. The first-order chi connectivity index (χ1) is 8.25. The van der Waals surface area contributed by atoms with Crippen molar-refractivity contribution in [1.29, 1.82) is 0 Å². The molecule has 1 rings (SSSR count). The highest BCUT2D eigenvalue weighted by molar-refractivity contribution is 6.30. The first kappa shape index (κ1) is 14.5. The summed E-state index contributed by atoms with van der Waals surface area (Å²) < 4.78 is 1.06. The third-order valence-corrected chi connectivity index (χ3v) is 2.91. The van der Waals surface area contributed by atoms with Crippen LogP contribution in [0.3, 0.4) is 0 Å². The van der Waals surface area contributed by atoms with Crippen LogP contribution in [-0.2, 0) is 11.3 Å². The van der Waals surface area contributed by atoms with Crippen LogP contribution in [0.4, 0.5) is 0 Å². The van der Waals surface area contributed by atoms with E-state index in [-0.39, 0.29) is 23.0 Å². The Hall–Kier alpha value is -1.56. The van der Waals surface area contributed by atoms with Crippen molar-refractivity contribution in [2.75, 3.05) is 0 Å². The van der Waals surface area contributed by atoms with Crippen molar-refractivity contribution in [2.45, 2.75) is 39.3 Å². The summed E-state index contributed by atoms with van der Waals surface area (Å²) in [6, 6.07) is 0. The second kappa shape index (κ2) is 5.39. The smallest absolute Gasteiger partial charge is 0.328 e. The Morgan fingerprint density at radius 1 is 1.50 bits per heavy atom. The molecule has 0 aliphatic carbocycles. The summed E-state index contributed by atoms with van der Waals surface area (Å²) in [7, 11) is 0. The van der Waals surface area contributed by atoms with Gasteiger partial charge >= 0.3 is 5.69 Å². The van der Waals surface area contributed by atoms with Gasteiger partial charge in [0.25, 0.3) is 5.56 Å². The van der Waals surface area contributed by atoms with Crippen LogP contribution in [0.15, 0.2) is 15.8 Å². The van der Waals surface area contributed by atoms with Crippen molar-refractivity contribution in [2.24, 2.45) is 0 Å². The van der Waals surface area contributed by atoms with Crippen LogP contribution in [0.25, 0.3) is 0 Å². The maximum atomic E-state index is 11.7. The molecule has 0 fully saturated rings. The van der Waals surface area contributed by atoms with Gasteiger partial charge < -0.3 is 5.32 Å². The molecule has 1 heterocycles. The molecule has 2 N–H and O–H groups in total. The minimum absolute atomic E-state index is 0.128. The van der Waals surface area contributed by atoms with E-state index in [9.17, 15) is 14.4 Å². The minimum atomic E-state index is -0.660.